The molecule has 0 aliphatic carbocycles. The predicted octanol–water partition coefficient (Wildman–Crippen LogP) is 4.55. The van der Waals surface area contributed by atoms with E-state index in [-0.39, 0.29) is 0 Å². The van der Waals surface area contributed by atoms with E-state index in [1.165, 1.54) is 0 Å². The molecule has 0 unspecified atom stereocenters. The minimum atomic E-state index is 0.520. The fourth-order valence-corrected chi connectivity index (χ4v) is 2.47. The van der Waals surface area contributed by atoms with Crippen molar-refractivity contribution < 1.29 is 14.2 Å². The normalized spacial score (nSPS) is 10.5. The fraction of sp³-hybridized carbons (Fsp3) is 0.571. The van der Waals surface area contributed by atoms with Crippen molar-refractivity contribution in [3.8, 4) is 11.5 Å². The first-order chi connectivity index (χ1) is 9.22. The highest BCUT2D eigenvalue weighted by Gasteiger charge is 2.11. The first-order valence-corrected chi connectivity index (χ1v) is 8.27. The molecule has 0 saturated carbocycles. The van der Waals surface area contributed by atoms with E-state index in [4.69, 9.17) is 14.2 Å². The van der Waals surface area contributed by atoms with Gasteiger partial charge in [-0.25, -0.2) is 0 Å². The second-order valence-corrected chi connectivity index (χ2v) is 5.47. The summed E-state index contributed by atoms with van der Waals surface area (Å²) in [6.07, 6.45) is 2.24. The van der Waals surface area contributed by atoms with Crippen molar-refractivity contribution in [3.63, 3.8) is 0 Å². The molecule has 0 saturated heterocycles. The third kappa shape index (κ3) is 5.71. The molecule has 0 aromatic heterocycles. The second-order valence-electron chi connectivity index (χ2n) is 4.06. The van der Waals surface area contributed by atoms with Gasteiger partial charge in [-0.1, -0.05) is 29.3 Å². The lowest BCUT2D eigenvalue weighted by molar-refractivity contribution is 0.0967. The Morgan fingerprint density at radius 3 is 2.58 bits per heavy atom. The number of halogens is 2. The first-order valence-electron chi connectivity index (χ1n) is 6.35. The van der Waals surface area contributed by atoms with E-state index in [0.717, 1.165) is 46.3 Å². The van der Waals surface area contributed by atoms with Gasteiger partial charge in [0.15, 0.2) is 11.5 Å². The van der Waals surface area contributed by atoms with Crippen LogP contribution in [0.3, 0.4) is 0 Å². The number of methoxy groups -OCH3 is 1. The topological polar surface area (TPSA) is 27.7 Å². The van der Waals surface area contributed by atoms with Gasteiger partial charge >= 0.3 is 0 Å². The summed E-state index contributed by atoms with van der Waals surface area (Å²) < 4.78 is 17.4. The van der Waals surface area contributed by atoms with Crippen molar-refractivity contribution in [1.29, 1.82) is 0 Å². The monoisotopic (exact) mass is 394 g/mol. The number of benzene rings is 1. The predicted molar refractivity (Wildman–Crippen MR) is 84.5 cm³/mol. The summed E-state index contributed by atoms with van der Waals surface area (Å²) in [5, 5.41) is 0.780. The zero-order valence-corrected chi connectivity index (χ0v) is 14.6. The lowest BCUT2D eigenvalue weighted by Crippen LogP contribution is -2.08. The molecular weight excluding hydrogens is 376 g/mol. The third-order valence-corrected chi connectivity index (χ3v) is 3.80. The fourth-order valence-electron chi connectivity index (χ4n) is 1.54. The van der Waals surface area contributed by atoms with E-state index < -0.39 is 0 Å². The molecule has 1 aromatic carbocycles. The average Bonchev–Trinajstić information content (AvgIpc) is 2.43. The Bertz CT molecular complexity index is 383. The van der Waals surface area contributed by atoms with Crippen LogP contribution in [0.4, 0.5) is 0 Å². The molecule has 0 atom stereocenters. The van der Waals surface area contributed by atoms with Crippen LogP contribution >= 0.6 is 31.9 Å². The Hall–Kier alpha value is -0.260. The van der Waals surface area contributed by atoms with Crippen LogP contribution in [0.1, 0.15) is 25.3 Å². The van der Waals surface area contributed by atoms with Gasteiger partial charge in [0.05, 0.1) is 18.2 Å². The molecule has 0 fully saturated rings. The molecule has 0 N–H and O–H groups in total. The molecule has 1 aromatic rings. The Labute approximate surface area is 131 Å². The van der Waals surface area contributed by atoms with Crippen LogP contribution in [-0.4, -0.2) is 26.9 Å². The molecule has 5 heteroatoms. The van der Waals surface area contributed by atoms with Crippen LogP contribution in [0.5, 0.6) is 11.5 Å². The molecule has 0 radical (unpaired) electrons. The summed E-state index contributed by atoms with van der Waals surface area (Å²) in [6, 6.07) is 3.98. The van der Waals surface area contributed by atoms with Gasteiger partial charge in [0.25, 0.3) is 0 Å². The molecule has 1 rings (SSSR count). The lowest BCUT2D eigenvalue weighted by atomic mass is 10.2. The zero-order chi connectivity index (χ0) is 14.1. The van der Waals surface area contributed by atoms with Crippen molar-refractivity contribution in [3.05, 3.63) is 22.2 Å². The van der Waals surface area contributed by atoms with Crippen molar-refractivity contribution >= 4 is 31.9 Å². The molecule has 3 nitrogen and oxygen atoms in total. The molecule has 0 spiro atoms. The molecule has 0 aliphatic heterocycles. The number of hydrogen-bond donors (Lipinski definition) is 0. The van der Waals surface area contributed by atoms with Gasteiger partial charge in [-0.2, -0.15) is 0 Å². The van der Waals surface area contributed by atoms with E-state index in [2.05, 4.69) is 38.8 Å². The van der Waals surface area contributed by atoms with Crippen molar-refractivity contribution in [2.75, 3.05) is 26.9 Å². The smallest absolute Gasteiger partial charge is 0.175 e. The molecule has 19 heavy (non-hydrogen) atoms. The Kier molecular flexibility index (Phi) is 8.50. The Morgan fingerprint density at radius 1 is 1.16 bits per heavy atom. The number of hydrogen-bond acceptors (Lipinski definition) is 3. The molecular formula is C14H20Br2O3. The zero-order valence-electron chi connectivity index (χ0n) is 11.4. The average molecular weight is 396 g/mol. The number of rotatable bonds is 9. The number of ether oxygens (including phenoxy) is 3. The molecule has 108 valence electrons. The van der Waals surface area contributed by atoms with Crippen LogP contribution in [0, 0.1) is 0 Å². The minimum Gasteiger partial charge on any atom is -0.493 e. The van der Waals surface area contributed by atoms with Crippen LogP contribution in [0.15, 0.2) is 16.6 Å². The van der Waals surface area contributed by atoms with Crippen molar-refractivity contribution in [2.45, 2.75) is 25.1 Å². The Morgan fingerprint density at radius 2 is 1.95 bits per heavy atom. The van der Waals surface area contributed by atoms with Crippen molar-refractivity contribution in [1.82, 2.24) is 0 Å². The highest BCUT2D eigenvalue weighted by atomic mass is 79.9. The van der Waals surface area contributed by atoms with Crippen molar-refractivity contribution in [2.24, 2.45) is 0 Å². The molecule has 0 bridgehead atoms. The number of unbranched alkanes of at least 4 members (excludes halogenated alkanes) is 1. The first kappa shape index (κ1) is 16.8. The van der Waals surface area contributed by atoms with E-state index in [1.807, 2.05) is 12.1 Å². The molecule has 0 heterocycles. The highest BCUT2D eigenvalue weighted by Crippen LogP contribution is 2.37. The van der Waals surface area contributed by atoms with Gasteiger partial charge < -0.3 is 14.2 Å². The third-order valence-electron chi connectivity index (χ3n) is 2.56. The number of alkyl halides is 1. The molecule has 0 aliphatic rings. The van der Waals surface area contributed by atoms with E-state index in [9.17, 15) is 0 Å². The van der Waals surface area contributed by atoms with Crippen LogP contribution in [0.2, 0.25) is 0 Å². The van der Waals surface area contributed by atoms with Crippen LogP contribution in [-0.2, 0) is 10.1 Å². The summed E-state index contributed by atoms with van der Waals surface area (Å²) in [6.45, 7) is 4.05. The SMILES string of the molecule is CCCCOCCOc1c(Br)cc(CBr)cc1OC. The van der Waals surface area contributed by atoms with Gasteiger partial charge in [0.2, 0.25) is 0 Å². The Balaban J connectivity index is 2.52. The second kappa shape index (κ2) is 9.61. The minimum absolute atomic E-state index is 0.520. The van der Waals surface area contributed by atoms with Gasteiger partial charge in [-0.15, -0.1) is 0 Å². The van der Waals surface area contributed by atoms with Gasteiger partial charge in [0, 0.05) is 11.9 Å². The van der Waals surface area contributed by atoms with Gasteiger partial charge in [-0.05, 0) is 40.0 Å². The van der Waals surface area contributed by atoms with Crippen LogP contribution in [0.25, 0.3) is 0 Å². The maximum Gasteiger partial charge on any atom is 0.175 e. The summed E-state index contributed by atoms with van der Waals surface area (Å²) in [5.74, 6) is 1.46. The summed E-state index contributed by atoms with van der Waals surface area (Å²) in [7, 11) is 1.64. The van der Waals surface area contributed by atoms with E-state index >= 15 is 0 Å². The van der Waals surface area contributed by atoms with Gasteiger partial charge in [-0.3, -0.25) is 0 Å². The maximum absolute atomic E-state index is 5.73. The summed E-state index contributed by atoms with van der Waals surface area (Å²) >= 11 is 6.94. The van der Waals surface area contributed by atoms with Crippen LogP contribution < -0.4 is 9.47 Å². The van der Waals surface area contributed by atoms with E-state index in [1.54, 1.807) is 7.11 Å². The highest BCUT2D eigenvalue weighted by molar-refractivity contribution is 9.10. The molecule has 0 amide bonds. The largest absolute Gasteiger partial charge is 0.493 e. The lowest BCUT2D eigenvalue weighted by Gasteiger charge is -2.14. The van der Waals surface area contributed by atoms with E-state index in [0.29, 0.717) is 13.2 Å². The standard InChI is InChI=1S/C14H20Br2O3/c1-3-4-5-18-6-7-19-14-12(16)8-11(10-15)9-13(14)17-2/h8-9H,3-7,10H2,1-2H3. The quantitative estimate of drug-likeness (QED) is 0.453. The summed E-state index contributed by atoms with van der Waals surface area (Å²) in [5.41, 5.74) is 1.13. The van der Waals surface area contributed by atoms with Gasteiger partial charge in [0.1, 0.15) is 6.61 Å². The maximum atomic E-state index is 5.73. The summed E-state index contributed by atoms with van der Waals surface area (Å²) in [4.78, 5) is 0.